The second-order valence-electron chi connectivity index (χ2n) is 9.99. The minimum Gasteiger partial charge on any atom is -0.378 e. The summed E-state index contributed by atoms with van der Waals surface area (Å²) in [5, 5.41) is 4.87. The number of hydrogen-bond acceptors (Lipinski definition) is 7. The largest absolute Gasteiger partial charge is 0.378 e. The minimum atomic E-state index is -0.169. The molecule has 2 N–H and O–H groups in total. The first-order chi connectivity index (χ1) is 18.0. The van der Waals surface area contributed by atoms with E-state index < -0.39 is 0 Å². The molecule has 1 amide bonds. The quantitative estimate of drug-likeness (QED) is 0.417. The Hall–Kier alpha value is -3.27. The Kier molecular flexibility index (Phi) is 6.67. The predicted octanol–water partition coefficient (Wildman–Crippen LogP) is 3.99. The lowest BCUT2D eigenvalue weighted by molar-refractivity contribution is -0.123. The number of fused-ring (bicyclic) bond motifs is 1. The van der Waals surface area contributed by atoms with E-state index in [1.54, 1.807) is 0 Å². The van der Waals surface area contributed by atoms with E-state index in [-0.39, 0.29) is 11.8 Å². The van der Waals surface area contributed by atoms with Crippen molar-refractivity contribution in [3.05, 3.63) is 59.1 Å². The summed E-state index contributed by atoms with van der Waals surface area (Å²) in [6, 6.07) is 14.8. The summed E-state index contributed by atoms with van der Waals surface area (Å²) in [6.45, 7) is 7.93. The molecule has 0 bridgehead atoms. The van der Waals surface area contributed by atoms with Crippen LogP contribution < -0.4 is 10.6 Å². The van der Waals surface area contributed by atoms with Crippen LogP contribution in [0.5, 0.6) is 0 Å². The van der Waals surface area contributed by atoms with Crippen LogP contribution in [0.3, 0.4) is 0 Å². The lowest BCUT2D eigenvalue weighted by Gasteiger charge is -2.30. The van der Waals surface area contributed by atoms with Crippen LogP contribution in [-0.4, -0.2) is 65.0 Å². The monoisotopic (exact) mass is 516 g/mol. The zero-order valence-electron chi connectivity index (χ0n) is 21.1. The average molecular weight is 517 g/mol. The number of pyridine rings is 1. The van der Waals surface area contributed by atoms with Gasteiger partial charge >= 0.3 is 0 Å². The molecule has 4 aromatic rings. The Balaban J connectivity index is 1.32. The third-order valence-corrected chi connectivity index (χ3v) is 8.49. The summed E-state index contributed by atoms with van der Waals surface area (Å²) in [6.07, 6.45) is 3.67. The van der Waals surface area contributed by atoms with Crippen molar-refractivity contribution in [2.45, 2.75) is 26.3 Å². The van der Waals surface area contributed by atoms with Crippen molar-refractivity contribution < 1.29 is 9.53 Å². The first kappa shape index (κ1) is 24.1. The van der Waals surface area contributed by atoms with E-state index in [9.17, 15) is 4.79 Å². The molecule has 1 aromatic carbocycles. The smallest absolute Gasteiger partial charge is 0.220 e. The van der Waals surface area contributed by atoms with Gasteiger partial charge in [-0.1, -0.05) is 23.8 Å². The van der Waals surface area contributed by atoms with E-state index in [0.717, 1.165) is 81.4 Å². The van der Waals surface area contributed by atoms with Gasteiger partial charge in [-0.15, -0.1) is 11.3 Å². The van der Waals surface area contributed by atoms with Gasteiger partial charge in [0.1, 0.15) is 0 Å². The fraction of sp³-hybridized carbons (Fsp3) is 0.393. The molecule has 2 fully saturated rings. The number of carbonyl (C=O) groups excluding carboxylic acids is 1. The van der Waals surface area contributed by atoms with Gasteiger partial charge in [-0.05, 0) is 51.1 Å². The number of morpholine rings is 1. The SMILES string of the molecule is Cc1cccc(-c2ccn(-c3cc(N4CCOCC4)c4sc(CN5CCC(C(N)=O)CC5)cc4n3)n2)c1. The number of likely N-dealkylation sites (tertiary alicyclic amines) is 1. The number of nitrogens with zero attached hydrogens (tertiary/aromatic N) is 5. The lowest BCUT2D eigenvalue weighted by Crippen LogP contribution is -2.37. The van der Waals surface area contributed by atoms with Gasteiger partial charge in [0.15, 0.2) is 5.82 Å². The summed E-state index contributed by atoms with van der Waals surface area (Å²) in [5.74, 6) is 0.659. The standard InChI is InChI=1S/C28H32N6O2S/c1-19-3-2-4-21(15-19)23-7-10-34(31-23)26-17-25(33-11-13-36-14-12-33)27-24(30-26)16-22(37-27)18-32-8-5-20(6-9-32)28(29)35/h2-4,7,10,15-17,20H,5-6,8-9,11-14,18H2,1H3,(H2,29,35). The average Bonchev–Trinajstić information content (AvgIpc) is 3.56. The fourth-order valence-electron chi connectivity index (χ4n) is 5.28. The van der Waals surface area contributed by atoms with Gasteiger partial charge in [0.05, 0.1) is 34.8 Å². The molecule has 8 nitrogen and oxygen atoms in total. The van der Waals surface area contributed by atoms with Gasteiger partial charge in [-0.25, -0.2) is 9.67 Å². The number of rotatable bonds is 6. The van der Waals surface area contributed by atoms with Crippen LogP contribution in [0.2, 0.25) is 0 Å². The third-order valence-electron chi connectivity index (χ3n) is 7.36. The number of ether oxygens (including phenoxy) is 1. The van der Waals surface area contributed by atoms with Crippen molar-refractivity contribution in [3.63, 3.8) is 0 Å². The highest BCUT2D eigenvalue weighted by Gasteiger charge is 2.24. The second kappa shape index (κ2) is 10.2. The summed E-state index contributed by atoms with van der Waals surface area (Å²) < 4.78 is 8.72. The number of aromatic nitrogens is 3. The summed E-state index contributed by atoms with van der Waals surface area (Å²) in [7, 11) is 0. The maximum Gasteiger partial charge on any atom is 0.220 e. The fourth-order valence-corrected chi connectivity index (χ4v) is 6.46. The molecule has 0 atom stereocenters. The number of benzene rings is 1. The molecule has 0 radical (unpaired) electrons. The Morgan fingerprint density at radius 3 is 2.68 bits per heavy atom. The zero-order valence-corrected chi connectivity index (χ0v) is 21.9. The molecule has 0 saturated carbocycles. The number of nitrogens with two attached hydrogens (primary N) is 1. The maximum atomic E-state index is 11.5. The highest BCUT2D eigenvalue weighted by molar-refractivity contribution is 7.19. The molecule has 3 aromatic heterocycles. The summed E-state index contributed by atoms with van der Waals surface area (Å²) >= 11 is 1.82. The lowest BCUT2D eigenvalue weighted by atomic mass is 9.96. The van der Waals surface area contributed by atoms with Crippen LogP contribution >= 0.6 is 11.3 Å². The summed E-state index contributed by atoms with van der Waals surface area (Å²) in [4.78, 5) is 22.7. The molecule has 9 heteroatoms. The van der Waals surface area contributed by atoms with Crippen LogP contribution in [0, 0.1) is 12.8 Å². The second-order valence-corrected chi connectivity index (χ2v) is 11.1. The Labute approximate surface area is 220 Å². The maximum absolute atomic E-state index is 11.5. The van der Waals surface area contributed by atoms with Crippen LogP contribution in [0.4, 0.5) is 5.69 Å². The first-order valence-electron chi connectivity index (χ1n) is 12.9. The Bertz CT molecular complexity index is 1420. The normalized spacial score (nSPS) is 17.5. The number of thiophene rings is 1. The molecule has 5 heterocycles. The molecular weight excluding hydrogens is 484 g/mol. The van der Waals surface area contributed by atoms with Gasteiger partial charge < -0.3 is 15.4 Å². The van der Waals surface area contributed by atoms with E-state index in [4.69, 9.17) is 20.6 Å². The molecular formula is C28H32N6O2S. The van der Waals surface area contributed by atoms with Crippen molar-refractivity contribution in [3.8, 4) is 17.1 Å². The number of hydrogen-bond donors (Lipinski definition) is 1. The minimum absolute atomic E-state index is 0.00886. The van der Waals surface area contributed by atoms with Gasteiger partial charge in [0.2, 0.25) is 5.91 Å². The molecule has 2 aliphatic heterocycles. The molecule has 192 valence electrons. The van der Waals surface area contributed by atoms with Crippen LogP contribution in [0.1, 0.15) is 23.3 Å². The molecule has 6 rings (SSSR count). The number of piperidine rings is 1. The van der Waals surface area contributed by atoms with Gasteiger partial charge in [0, 0.05) is 48.3 Å². The zero-order chi connectivity index (χ0) is 25.4. The van der Waals surface area contributed by atoms with E-state index in [0.29, 0.717) is 0 Å². The topological polar surface area (TPSA) is 89.5 Å². The van der Waals surface area contributed by atoms with Gasteiger partial charge in [0.25, 0.3) is 0 Å². The van der Waals surface area contributed by atoms with Crippen LogP contribution in [0.15, 0.2) is 48.7 Å². The van der Waals surface area contributed by atoms with Crippen molar-refractivity contribution in [1.29, 1.82) is 0 Å². The van der Waals surface area contributed by atoms with E-state index in [1.165, 1.54) is 20.8 Å². The highest BCUT2D eigenvalue weighted by Crippen LogP contribution is 2.36. The van der Waals surface area contributed by atoms with Crippen LogP contribution in [0.25, 0.3) is 27.3 Å². The van der Waals surface area contributed by atoms with E-state index >= 15 is 0 Å². The van der Waals surface area contributed by atoms with Crippen molar-refractivity contribution in [2.24, 2.45) is 11.7 Å². The van der Waals surface area contributed by atoms with E-state index in [2.05, 4.69) is 53.1 Å². The first-order valence-corrected chi connectivity index (χ1v) is 13.8. The molecule has 37 heavy (non-hydrogen) atoms. The number of carbonyl (C=O) groups is 1. The highest BCUT2D eigenvalue weighted by atomic mass is 32.1. The van der Waals surface area contributed by atoms with Crippen molar-refractivity contribution >= 4 is 33.1 Å². The summed E-state index contributed by atoms with van der Waals surface area (Å²) in [5.41, 5.74) is 11.0. The molecule has 2 saturated heterocycles. The number of aryl methyl sites for hydroxylation is 1. The number of anilines is 1. The molecule has 0 aliphatic carbocycles. The van der Waals surface area contributed by atoms with Crippen LogP contribution in [-0.2, 0) is 16.1 Å². The Morgan fingerprint density at radius 1 is 1.11 bits per heavy atom. The number of amides is 1. The van der Waals surface area contributed by atoms with Crippen molar-refractivity contribution in [2.75, 3.05) is 44.3 Å². The van der Waals surface area contributed by atoms with Crippen molar-refractivity contribution in [1.82, 2.24) is 19.7 Å². The van der Waals surface area contributed by atoms with Gasteiger partial charge in [-0.3, -0.25) is 9.69 Å². The Morgan fingerprint density at radius 2 is 1.92 bits per heavy atom. The molecule has 2 aliphatic rings. The molecule has 0 unspecified atom stereocenters. The van der Waals surface area contributed by atoms with Gasteiger partial charge in [-0.2, -0.15) is 5.10 Å². The third kappa shape index (κ3) is 5.12. The molecule has 0 spiro atoms. The predicted molar refractivity (Wildman–Crippen MR) is 147 cm³/mol. The van der Waals surface area contributed by atoms with E-state index in [1.807, 2.05) is 28.3 Å². The number of primary amides is 1.